The summed E-state index contributed by atoms with van der Waals surface area (Å²) in [4.78, 5) is 12.0. The van der Waals surface area contributed by atoms with Crippen LogP contribution in [0.2, 0.25) is 0 Å². The third-order valence-corrected chi connectivity index (χ3v) is 3.33. The molecule has 1 saturated heterocycles. The minimum absolute atomic E-state index is 0.194. The van der Waals surface area contributed by atoms with E-state index in [-0.39, 0.29) is 11.9 Å². The molecule has 0 aromatic heterocycles. The van der Waals surface area contributed by atoms with E-state index in [0.29, 0.717) is 12.5 Å². The topological polar surface area (TPSA) is 44.8 Å². The van der Waals surface area contributed by atoms with Crippen LogP contribution in [0, 0.1) is 5.92 Å². The van der Waals surface area contributed by atoms with Gasteiger partial charge in [0.15, 0.2) is 0 Å². The van der Waals surface area contributed by atoms with Gasteiger partial charge in [0.2, 0.25) is 0 Å². The predicted octanol–water partition coefficient (Wildman–Crippen LogP) is 2.38. The molecule has 0 saturated carbocycles. The van der Waals surface area contributed by atoms with Gasteiger partial charge in [0, 0.05) is 5.92 Å². The molecule has 2 rings (SSSR count). The standard InChI is InChI=1S/C15H20O4/c1-3-19-13-6-4-5-12(8-13)14(15(16)17-2)7-11-9-18-10-11/h4-6,8,11,14H,3,7,9-10H2,1-2H3. The monoisotopic (exact) mass is 264 g/mol. The van der Waals surface area contributed by atoms with E-state index in [1.807, 2.05) is 31.2 Å². The normalized spacial score (nSPS) is 16.5. The van der Waals surface area contributed by atoms with Crippen molar-refractivity contribution in [2.24, 2.45) is 5.92 Å². The van der Waals surface area contributed by atoms with E-state index in [1.54, 1.807) is 0 Å². The molecule has 0 bridgehead atoms. The van der Waals surface area contributed by atoms with E-state index in [9.17, 15) is 4.79 Å². The van der Waals surface area contributed by atoms with E-state index < -0.39 is 0 Å². The van der Waals surface area contributed by atoms with Crippen LogP contribution in [0.25, 0.3) is 0 Å². The molecule has 1 fully saturated rings. The summed E-state index contributed by atoms with van der Waals surface area (Å²) in [5, 5.41) is 0. The number of methoxy groups -OCH3 is 1. The van der Waals surface area contributed by atoms with Crippen LogP contribution >= 0.6 is 0 Å². The summed E-state index contributed by atoms with van der Waals surface area (Å²) in [6, 6.07) is 7.68. The minimum atomic E-state index is -0.237. The van der Waals surface area contributed by atoms with Crippen molar-refractivity contribution in [3.05, 3.63) is 29.8 Å². The van der Waals surface area contributed by atoms with Crippen molar-refractivity contribution < 1.29 is 19.0 Å². The van der Waals surface area contributed by atoms with Gasteiger partial charge in [-0.1, -0.05) is 12.1 Å². The lowest BCUT2D eigenvalue weighted by Gasteiger charge is -2.29. The van der Waals surface area contributed by atoms with Crippen LogP contribution in [-0.2, 0) is 14.3 Å². The third kappa shape index (κ3) is 3.47. The highest BCUT2D eigenvalue weighted by Crippen LogP contribution is 2.30. The Balaban J connectivity index is 2.15. The highest BCUT2D eigenvalue weighted by Gasteiger charge is 2.29. The number of hydrogen-bond acceptors (Lipinski definition) is 4. The van der Waals surface area contributed by atoms with Gasteiger partial charge in [0.05, 0.1) is 32.8 Å². The Morgan fingerprint density at radius 3 is 2.84 bits per heavy atom. The lowest BCUT2D eigenvalue weighted by molar-refractivity contribution is -0.144. The molecule has 1 atom stereocenters. The fourth-order valence-corrected chi connectivity index (χ4v) is 2.25. The van der Waals surface area contributed by atoms with Crippen molar-refractivity contribution in [1.82, 2.24) is 0 Å². The number of esters is 1. The Labute approximate surface area is 113 Å². The Hall–Kier alpha value is -1.55. The van der Waals surface area contributed by atoms with Crippen LogP contribution in [0.5, 0.6) is 5.75 Å². The molecule has 1 aromatic carbocycles. The Bertz CT molecular complexity index is 426. The Morgan fingerprint density at radius 1 is 1.47 bits per heavy atom. The fourth-order valence-electron chi connectivity index (χ4n) is 2.25. The first-order valence-corrected chi connectivity index (χ1v) is 6.63. The average Bonchev–Trinajstić information content (AvgIpc) is 2.37. The van der Waals surface area contributed by atoms with E-state index in [0.717, 1.165) is 30.9 Å². The Kier molecular flexibility index (Phi) is 4.80. The first kappa shape index (κ1) is 13.9. The van der Waals surface area contributed by atoms with Crippen LogP contribution in [0.15, 0.2) is 24.3 Å². The molecule has 1 aromatic rings. The maximum atomic E-state index is 12.0. The molecule has 1 heterocycles. The molecule has 1 unspecified atom stereocenters. The SMILES string of the molecule is CCOc1cccc(C(CC2COC2)C(=O)OC)c1. The maximum Gasteiger partial charge on any atom is 0.313 e. The number of benzene rings is 1. The van der Waals surface area contributed by atoms with Crippen LogP contribution < -0.4 is 4.74 Å². The molecule has 1 aliphatic heterocycles. The second kappa shape index (κ2) is 6.57. The van der Waals surface area contributed by atoms with Gasteiger partial charge in [-0.05, 0) is 31.0 Å². The second-order valence-corrected chi connectivity index (χ2v) is 4.72. The molecule has 0 amide bonds. The summed E-state index contributed by atoms with van der Waals surface area (Å²) in [5.74, 6) is 0.804. The number of carbonyl (C=O) groups is 1. The lowest BCUT2D eigenvalue weighted by Crippen LogP contribution is -2.31. The molecule has 1 aliphatic rings. The zero-order chi connectivity index (χ0) is 13.7. The smallest absolute Gasteiger partial charge is 0.313 e. The van der Waals surface area contributed by atoms with Gasteiger partial charge in [-0.2, -0.15) is 0 Å². The molecular weight excluding hydrogens is 244 g/mol. The average molecular weight is 264 g/mol. The van der Waals surface area contributed by atoms with Crippen molar-refractivity contribution in [3.63, 3.8) is 0 Å². The summed E-state index contributed by atoms with van der Waals surface area (Å²) in [5.41, 5.74) is 0.949. The highest BCUT2D eigenvalue weighted by atomic mass is 16.5. The van der Waals surface area contributed by atoms with Gasteiger partial charge in [0.25, 0.3) is 0 Å². The number of ether oxygens (including phenoxy) is 3. The number of carbonyl (C=O) groups excluding carboxylic acids is 1. The van der Waals surface area contributed by atoms with E-state index >= 15 is 0 Å². The maximum absolute atomic E-state index is 12.0. The van der Waals surface area contributed by atoms with Crippen LogP contribution in [0.4, 0.5) is 0 Å². The first-order valence-electron chi connectivity index (χ1n) is 6.63. The molecule has 19 heavy (non-hydrogen) atoms. The number of rotatable bonds is 6. The second-order valence-electron chi connectivity index (χ2n) is 4.72. The molecular formula is C15H20O4. The van der Waals surface area contributed by atoms with Gasteiger partial charge < -0.3 is 14.2 Å². The molecule has 4 nitrogen and oxygen atoms in total. The van der Waals surface area contributed by atoms with Crippen LogP contribution in [-0.4, -0.2) is 32.9 Å². The van der Waals surface area contributed by atoms with E-state index in [4.69, 9.17) is 14.2 Å². The summed E-state index contributed by atoms with van der Waals surface area (Å²) < 4.78 is 15.6. The van der Waals surface area contributed by atoms with Gasteiger partial charge in [-0.3, -0.25) is 4.79 Å². The molecule has 0 N–H and O–H groups in total. The zero-order valence-electron chi connectivity index (χ0n) is 11.4. The fraction of sp³-hybridized carbons (Fsp3) is 0.533. The predicted molar refractivity (Wildman–Crippen MR) is 71.3 cm³/mol. The minimum Gasteiger partial charge on any atom is -0.494 e. The summed E-state index contributed by atoms with van der Waals surface area (Å²) in [7, 11) is 1.43. The Morgan fingerprint density at radius 2 is 2.26 bits per heavy atom. The van der Waals surface area contributed by atoms with Crippen molar-refractivity contribution in [2.45, 2.75) is 19.3 Å². The van der Waals surface area contributed by atoms with Crippen molar-refractivity contribution in [1.29, 1.82) is 0 Å². The first-order chi connectivity index (χ1) is 9.24. The molecule has 0 aliphatic carbocycles. The summed E-state index contributed by atoms with van der Waals surface area (Å²) in [6.07, 6.45) is 0.766. The van der Waals surface area contributed by atoms with Gasteiger partial charge in [0.1, 0.15) is 5.75 Å². The largest absolute Gasteiger partial charge is 0.494 e. The van der Waals surface area contributed by atoms with Crippen molar-refractivity contribution >= 4 is 5.97 Å². The quantitative estimate of drug-likeness (QED) is 0.740. The number of hydrogen-bond donors (Lipinski definition) is 0. The molecule has 4 heteroatoms. The van der Waals surface area contributed by atoms with Crippen molar-refractivity contribution in [3.8, 4) is 5.75 Å². The van der Waals surface area contributed by atoms with Gasteiger partial charge >= 0.3 is 5.97 Å². The van der Waals surface area contributed by atoms with Crippen LogP contribution in [0.1, 0.15) is 24.8 Å². The highest BCUT2D eigenvalue weighted by molar-refractivity contribution is 5.78. The molecule has 104 valence electrons. The lowest BCUT2D eigenvalue weighted by atomic mass is 9.88. The summed E-state index contributed by atoms with van der Waals surface area (Å²) >= 11 is 0. The summed E-state index contributed by atoms with van der Waals surface area (Å²) in [6.45, 7) is 4.02. The van der Waals surface area contributed by atoms with Gasteiger partial charge in [-0.25, -0.2) is 0 Å². The third-order valence-electron chi connectivity index (χ3n) is 3.33. The molecule has 0 radical (unpaired) electrons. The zero-order valence-corrected chi connectivity index (χ0v) is 11.4. The van der Waals surface area contributed by atoms with E-state index in [1.165, 1.54) is 7.11 Å². The van der Waals surface area contributed by atoms with Crippen molar-refractivity contribution in [2.75, 3.05) is 26.9 Å². The van der Waals surface area contributed by atoms with Gasteiger partial charge in [-0.15, -0.1) is 0 Å². The molecule has 0 spiro atoms. The van der Waals surface area contributed by atoms with E-state index in [2.05, 4.69) is 0 Å². The van der Waals surface area contributed by atoms with Crippen LogP contribution in [0.3, 0.4) is 0 Å².